The second-order valence-electron chi connectivity index (χ2n) is 4.95. The average molecular weight is 391 g/mol. The number of benzene rings is 1. The van der Waals surface area contributed by atoms with E-state index < -0.39 is 12.3 Å². The number of carboxylic acid groups (broad SMARTS) is 1. The van der Waals surface area contributed by atoms with Crippen LogP contribution in [0.25, 0.3) is 6.08 Å². The van der Waals surface area contributed by atoms with Gasteiger partial charge in [0.15, 0.2) is 0 Å². The molecule has 1 aromatic carbocycles. The lowest BCUT2D eigenvalue weighted by atomic mass is 10.2. The van der Waals surface area contributed by atoms with Gasteiger partial charge in [-0.2, -0.15) is 0 Å². The summed E-state index contributed by atoms with van der Waals surface area (Å²) in [5.74, 6) is -1.66. The number of hydrogen-bond donors (Lipinski definition) is 1. The van der Waals surface area contributed by atoms with Crippen molar-refractivity contribution >= 4 is 46.3 Å². The maximum atomic E-state index is 12.3. The molecule has 0 spiro atoms. The van der Waals surface area contributed by atoms with Gasteiger partial charge in [0.2, 0.25) is 0 Å². The summed E-state index contributed by atoms with van der Waals surface area (Å²) in [4.78, 5) is 24.4. The van der Waals surface area contributed by atoms with Crippen molar-refractivity contribution < 1.29 is 32.6 Å². The Balaban J connectivity index is 2.04. The first kappa shape index (κ1) is 19.3. The molecule has 2 rings (SSSR count). The summed E-state index contributed by atoms with van der Waals surface area (Å²) in [6, 6.07) is 5.07. The van der Waals surface area contributed by atoms with Crippen molar-refractivity contribution in [3.8, 4) is 5.75 Å². The zero-order valence-electron chi connectivity index (χ0n) is 12.6. The van der Waals surface area contributed by atoms with Crippen LogP contribution in [0.4, 0.5) is 13.2 Å². The molecular weight excluding hydrogens is 379 g/mol. The molecule has 0 radical (unpaired) electrons. The van der Waals surface area contributed by atoms with Crippen LogP contribution in [0.1, 0.15) is 18.4 Å². The largest absolute Gasteiger partial charge is 0.573 e. The van der Waals surface area contributed by atoms with Gasteiger partial charge in [0.25, 0.3) is 5.91 Å². The van der Waals surface area contributed by atoms with E-state index in [9.17, 15) is 22.8 Å². The number of halogens is 3. The van der Waals surface area contributed by atoms with Crippen LogP contribution in [0.15, 0.2) is 29.2 Å². The monoisotopic (exact) mass is 391 g/mol. The molecule has 1 N–H and O–H groups in total. The number of carboxylic acids is 1. The van der Waals surface area contributed by atoms with Crippen LogP contribution < -0.4 is 4.74 Å². The number of amides is 1. The maximum absolute atomic E-state index is 12.3. The van der Waals surface area contributed by atoms with Crippen molar-refractivity contribution in [2.45, 2.75) is 19.2 Å². The number of nitrogens with zero attached hydrogens (tertiary/aromatic N) is 1. The van der Waals surface area contributed by atoms with Gasteiger partial charge in [-0.15, -0.1) is 13.2 Å². The zero-order valence-corrected chi connectivity index (χ0v) is 14.2. The number of thioether (sulfide) groups is 1. The molecule has 5 nitrogen and oxygen atoms in total. The molecule has 0 saturated carbocycles. The highest BCUT2D eigenvalue weighted by molar-refractivity contribution is 8.26. The van der Waals surface area contributed by atoms with Crippen LogP contribution in [0.2, 0.25) is 0 Å². The Labute approximate surface area is 150 Å². The van der Waals surface area contributed by atoms with Gasteiger partial charge < -0.3 is 9.84 Å². The normalized spacial score (nSPS) is 16.6. The number of rotatable bonds is 6. The predicted molar refractivity (Wildman–Crippen MR) is 89.9 cm³/mol. The van der Waals surface area contributed by atoms with Gasteiger partial charge >= 0.3 is 12.3 Å². The fourth-order valence-corrected chi connectivity index (χ4v) is 3.31. The van der Waals surface area contributed by atoms with Gasteiger partial charge in [0.05, 0.1) is 4.91 Å². The van der Waals surface area contributed by atoms with Gasteiger partial charge in [0, 0.05) is 13.0 Å². The van der Waals surface area contributed by atoms with Gasteiger partial charge in [-0.05, 0) is 30.2 Å². The zero-order chi connectivity index (χ0) is 18.6. The van der Waals surface area contributed by atoms with E-state index in [4.69, 9.17) is 17.3 Å². The average Bonchev–Trinajstić information content (AvgIpc) is 2.75. The second kappa shape index (κ2) is 7.87. The first-order valence-electron chi connectivity index (χ1n) is 6.99. The molecule has 1 amide bonds. The van der Waals surface area contributed by atoms with Crippen LogP contribution >= 0.6 is 24.0 Å². The molecule has 134 valence electrons. The lowest BCUT2D eigenvalue weighted by Gasteiger charge is -2.13. The molecule has 1 heterocycles. The van der Waals surface area contributed by atoms with Crippen molar-refractivity contribution in [3.63, 3.8) is 0 Å². The van der Waals surface area contributed by atoms with Gasteiger partial charge in [-0.3, -0.25) is 14.5 Å². The summed E-state index contributed by atoms with van der Waals surface area (Å²) in [6.45, 7) is 0.201. The van der Waals surface area contributed by atoms with Crippen molar-refractivity contribution in [1.29, 1.82) is 0 Å². The highest BCUT2D eigenvalue weighted by atomic mass is 32.2. The Morgan fingerprint density at radius 1 is 1.32 bits per heavy atom. The molecule has 0 aromatic heterocycles. The molecule has 1 aromatic rings. The van der Waals surface area contributed by atoms with Crippen LogP contribution in [-0.2, 0) is 9.59 Å². The number of ether oxygens (including phenoxy) is 1. The van der Waals surface area contributed by atoms with Crippen molar-refractivity contribution in [2.75, 3.05) is 6.54 Å². The number of hydrogen-bond acceptors (Lipinski definition) is 5. The SMILES string of the molecule is O=C(O)CCCN1C(=O)/C(=C/c2ccc(OC(F)(F)F)cc2)SC1=S. The Morgan fingerprint density at radius 3 is 2.52 bits per heavy atom. The maximum Gasteiger partial charge on any atom is 0.573 e. The van der Waals surface area contributed by atoms with Crippen molar-refractivity contribution in [1.82, 2.24) is 4.90 Å². The van der Waals surface area contributed by atoms with Crippen molar-refractivity contribution in [3.05, 3.63) is 34.7 Å². The first-order valence-corrected chi connectivity index (χ1v) is 8.21. The molecule has 1 fully saturated rings. The van der Waals surface area contributed by atoms with E-state index in [1.165, 1.54) is 23.1 Å². The van der Waals surface area contributed by atoms with Gasteiger partial charge in [-0.25, -0.2) is 0 Å². The minimum atomic E-state index is -4.76. The van der Waals surface area contributed by atoms with E-state index in [2.05, 4.69) is 4.74 Å². The number of carbonyl (C=O) groups is 2. The lowest BCUT2D eigenvalue weighted by molar-refractivity contribution is -0.274. The summed E-state index contributed by atoms with van der Waals surface area (Å²) in [5, 5.41) is 8.63. The third-order valence-corrected chi connectivity index (χ3v) is 4.44. The topological polar surface area (TPSA) is 66.8 Å². The van der Waals surface area contributed by atoms with E-state index in [0.29, 0.717) is 14.8 Å². The molecule has 1 aliphatic heterocycles. The molecule has 0 unspecified atom stereocenters. The Kier molecular flexibility index (Phi) is 6.07. The van der Waals surface area contributed by atoms with E-state index in [0.717, 1.165) is 23.9 Å². The van der Waals surface area contributed by atoms with Crippen molar-refractivity contribution in [2.24, 2.45) is 0 Å². The summed E-state index contributed by atoms with van der Waals surface area (Å²) in [5.41, 5.74) is 0.514. The third-order valence-electron chi connectivity index (χ3n) is 3.06. The fraction of sp³-hybridized carbons (Fsp3) is 0.267. The minimum absolute atomic E-state index is 0.0726. The van der Waals surface area contributed by atoms with Gasteiger partial charge in [0.1, 0.15) is 10.1 Å². The van der Waals surface area contributed by atoms with Crippen LogP contribution in [0, 0.1) is 0 Å². The molecule has 1 aliphatic rings. The highest BCUT2D eigenvalue weighted by Crippen LogP contribution is 2.33. The predicted octanol–water partition coefficient (Wildman–Crippen LogP) is 3.65. The summed E-state index contributed by atoms with van der Waals surface area (Å²) < 4.78 is 40.5. The number of alkyl halides is 3. The molecule has 1 saturated heterocycles. The van der Waals surface area contributed by atoms with E-state index in [1.807, 2.05) is 0 Å². The molecule has 0 atom stereocenters. The highest BCUT2D eigenvalue weighted by Gasteiger charge is 2.32. The van der Waals surface area contributed by atoms with E-state index in [1.54, 1.807) is 0 Å². The fourth-order valence-electron chi connectivity index (χ4n) is 2.00. The van der Waals surface area contributed by atoms with Crippen LogP contribution in [0.5, 0.6) is 5.75 Å². The second-order valence-corrected chi connectivity index (χ2v) is 6.62. The smallest absolute Gasteiger partial charge is 0.481 e. The van der Waals surface area contributed by atoms with E-state index >= 15 is 0 Å². The molecule has 0 aliphatic carbocycles. The number of carbonyl (C=O) groups excluding carboxylic acids is 1. The molecule has 0 bridgehead atoms. The summed E-state index contributed by atoms with van der Waals surface area (Å²) >= 11 is 6.17. The quantitative estimate of drug-likeness (QED) is 0.590. The molecular formula is C15H12F3NO4S2. The van der Waals surface area contributed by atoms with E-state index in [-0.39, 0.29) is 31.0 Å². The van der Waals surface area contributed by atoms with Crippen LogP contribution in [-0.4, -0.2) is 39.1 Å². The Hall–Kier alpha value is -2.07. The Morgan fingerprint density at radius 2 is 1.96 bits per heavy atom. The lowest BCUT2D eigenvalue weighted by Crippen LogP contribution is -2.29. The summed E-state index contributed by atoms with van der Waals surface area (Å²) in [6.07, 6.45) is -3.05. The third kappa shape index (κ3) is 5.75. The Bertz CT molecular complexity index is 716. The molecule has 10 heteroatoms. The van der Waals surface area contributed by atoms with Gasteiger partial charge in [-0.1, -0.05) is 36.1 Å². The molecule has 25 heavy (non-hydrogen) atoms. The van der Waals surface area contributed by atoms with Crippen LogP contribution in [0.3, 0.4) is 0 Å². The summed E-state index contributed by atoms with van der Waals surface area (Å²) in [7, 11) is 0. The number of thiocarbonyl (C=S) groups is 1. The minimum Gasteiger partial charge on any atom is -0.481 e. The first-order chi connectivity index (χ1) is 11.7. The number of aliphatic carboxylic acids is 1. The standard InChI is InChI=1S/C15H12F3NO4S2/c16-15(17,18)23-10-5-3-9(4-6-10)8-11-13(22)19(14(24)25-11)7-1-2-12(20)21/h3-6,8H,1-2,7H2,(H,20,21)/b11-8-.